The number of amides is 1. The van der Waals surface area contributed by atoms with Gasteiger partial charge in [-0.2, -0.15) is 0 Å². The lowest BCUT2D eigenvalue weighted by Crippen LogP contribution is -2.50. The first-order valence-corrected chi connectivity index (χ1v) is 5.93. The van der Waals surface area contributed by atoms with Gasteiger partial charge in [0.15, 0.2) is 0 Å². The monoisotopic (exact) mass is 233 g/mol. The summed E-state index contributed by atoms with van der Waals surface area (Å²) in [5.74, 6) is 0.888. The highest BCUT2D eigenvalue weighted by Gasteiger charge is 2.57. The first kappa shape index (κ1) is 12.0. The van der Waals surface area contributed by atoms with Gasteiger partial charge in [0.1, 0.15) is 12.1 Å². The summed E-state index contributed by atoms with van der Waals surface area (Å²) < 4.78 is 0. The van der Waals surface area contributed by atoms with Crippen molar-refractivity contribution in [2.24, 2.45) is 11.3 Å². The lowest BCUT2D eigenvalue weighted by atomic mass is 9.58. The molecule has 0 radical (unpaired) electrons. The summed E-state index contributed by atoms with van der Waals surface area (Å²) in [6.45, 7) is 10.4. The standard InChI is InChI=1S/C13H19N3O/c1-8(2)13(12(3,4)5)9-6-14-7-15-10(9)16-11(13)17/h6-8H,1-5H3,(H,14,15,16,17). The molecule has 0 saturated heterocycles. The summed E-state index contributed by atoms with van der Waals surface area (Å²) >= 11 is 0. The maximum atomic E-state index is 12.5. The summed E-state index contributed by atoms with van der Waals surface area (Å²) in [7, 11) is 0. The summed E-state index contributed by atoms with van der Waals surface area (Å²) in [6, 6.07) is 0. The average molecular weight is 233 g/mol. The molecule has 92 valence electrons. The van der Waals surface area contributed by atoms with Crippen molar-refractivity contribution in [3.8, 4) is 0 Å². The van der Waals surface area contributed by atoms with E-state index in [1.165, 1.54) is 6.33 Å². The van der Waals surface area contributed by atoms with Gasteiger partial charge in [-0.3, -0.25) is 4.79 Å². The first-order valence-electron chi connectivity index (χ1n) is 5.93. The van der Waals surface area contributed by atoms with Crippen LogP contribution in [0.5, 0.6) is 0 Å². The van der Waals surface area contributed by atoms with E-state index in [4.69, 9.17) is 0 Å². The van der Waals surface area contributed by atoms with E-state index in [1.54, 1.807) is 6.20 Å². The van der Waals surface area contributed by atoms with Gasteiger partial charge in [0, 0.05) is 11.8 Å². The van der Waals surface area contributed by atoms with Crippen LogP contribution in [0.1, 0.15) is 40.2 Å². The molecule has 0 aliphatic carbocycles. The van der Waals surface area contributed by atoms with Gasteiger partial charge in [-0.1, -0.05) is 34.6 Å². The van der Waals surface area contributed by atoms with Crippen molar-refractivity contribution < 1.29 is 4.79 Å². The number of hydrogen-bond acceptors (Lipinski definition) is 3. The zero-order valence-electron chi connectivity index (χ0n) is 11.0. The average Bonchev–Trinajstić information content (AvgIpc) is 2.49. The molecule has 1 aromatic heterocycles. The molecule has 0 fully saturated rings. The molecule has 4 heteroatoms. The van der Waals surface area contributed by atoms with Crippen molar-refractivity contribution in [2.45, 2.75) is 40.0 Å². The lowest BCUT2D eigenvalue weighted by Gasteiger charge is -2.43. The molecule has 0 saturated carbocycles. The van der Waals surface area contributed by atoms with Crippen LogP contribution >= 0.6 is 0 Å². The Morgan fingerprint density at radius 1 is 1.35 bits per heavy atom. The van der Waals surface area contributed by atoms with Gasteiger partial charge >= 0.3 is 0 Å². The van der Waals surface area contributed by atoms with Crippen LogP contribution in [0.4, 0.5) is 5.82 Å². The fourth-order valence-electron chi connectivity index (χ4n) is 3.23. The second kappa shape index (κ2) is 3.52. The number of aromatic nitrogens is 2. The van der Waals surface area contributed by atoms with Crippen LogP contribution in [0.3, 0.4) is 0 Å². The van der Waals surface area contributed by atoms with E-state index in [0.29, 0.717) is 5.82 Å². The molecule has 1 atom stereocenters. The minimum Gasteiger partial charge on any atom is -0.310 e. The topological polar surface area (TPSA) is 54.9 Å². The molecule has 2 heterocycles. The molecule has 1 aliphatic heterocycles. The van der Waals surface area contributed by atoms with E-state index in [9.17, 15) is 4.79 Å². The number of nitrogens with one attached hydrogen (secondary N) is 1. The Bertz CT molecular complexity index is 462. The predicted octanol–water partition coefficient (Wildman–Crippen LogP) is 2.37. The largest absolute Gasteiger partial charge is 0.310 e. The van der Waals surface area contributed by atoms with Crippen LogP contribution in [0, 0.1) is 11.3 Å². The van der Waals surface area contributed by atoms with Crippen molar-refractivity contribution in [2.75, 3.05) is 5.32 Å². The molecule has 17 heavy (non-hydrogen) atoms. The van der Waals surface area contributed by atoms with E-state index in [1.807, 2.05) is 0 Å². The summed E-state index contributed by atoms with van der Waals surface area (Å²) in [6.07, 6.45) is 3.24. The number of fused-ring (bicyclic) bond motifs is 1. The van der Waals surface area contributed by atoms with Crippen molar-refractivity contribution in [3.63, 3.8) is 0 Å². The fraction of sp³-hybridized carbons (Fsp3) is 0.615. The van der Waals surface area contributed by atoms with E-state index < -0.39 is 5.41 Å². The van der Waals surface area contributed by atoms with Crippen molar-refractivity contribution >= 4 is 11.7 Å². The number of carbonyl (C=O) groups is 1. The molecular formula is C13H19N3O. The Morgan fingerprint density at radius 3 is 2.53 bits per heavy atom. The van der Waals surface area contributed by atoms with Crippen LogP contribution in [-0.4, -0.2) is 15.9 Å². The van der Waals surface area contributed by atoms with Crippen molar-refractivity contribution in [3.05, 3.63) is 18.1 Å². The number of rotatable bonds is 1. The van der Waals surface area contributed by atoms with Gasteiger partial charge in [0.2, 0.25) is 5.91 Å². The predicted molar refractivity (Wildman–Crippen MR) is 66.6 cm³/mol. The number of anilines is 1. The Morgan fingerprint density at radius 2 is 2.00 bits per heavy atom. The summed E-state index contributed by atoms with van der Waals surface area (Å²) in [5, 5.41) is 2.89. The highest BCUT2D eigenvalue weighted by Crippen LogP contribution is 2.52. The normalized spacial score (nSPS) is 23.8. The molecule has 0 bridgehead atoms. The van der Waals surface area contributed by atoms with E-state index >= 15 is 0 Å². The smallest absolute Gasteiger partial charge is 0.237 e. The van der Waals surface area contributed by atoms with E-state index in [0.717, 1.165) is 5.56 Å². The number of carbonyl (C=O) groups excluding carboxylic acids is 1. The Kier molecular flexibility index (Phi) is 2.49. The zero-order chi connectivity index (χ0) is 12.8. The maximum absolute atomic E-state index is 12.5. The molecule has 1 aromatic rings. The van der Waals surface area contributed by atoms with Gasteiger partial charge in [0.25, 0.3) is 0 Å². The molecule has 0 spiro atoms. The van der Waals surface area contributed by atoms with E-state index in [2.05, 4.69) is 49.9 Å². The second-order valence-corrected chi connectivity index (χ2v) is 5.95. The van der Waals surface area contributed by atoms with Gasteiger partial charge in [-0.15, -0.1) is 0 Å². The Hall–Kier alpha value is -1.45. The third-order valence-electron chi connectivity index (χ3n) is 3.78. The van der Waals surface area contributed by atoms with Gasteiger partial charge in [0.05, 0.1) is 5.41 Å². The Labute approximate surface area is 102 Å². The van der Waals surface area contributed by atoms with Crippen LogP contribution in [0.2, 0.25) is 0 Å². The summed E-state index contributed by atoms with van der Waals surface area (Å²) in [5.41, 5.74) is 0.192. The zero-order valence-corrected chi connectivity index (χ0v) is 11.0. The van der Waals surface area contributed by atoms with Crippen LogP contribution in [0.25, 0.3) is 0 Å². The molecule has 1 amide bonds. The molecule has 1 N–H and O–H groups in total. The van der Waals surface area contributed by atoms with Gasteiger partial charge < -0.3 is 5.32 Å². The SMILES string of the molecule is CC(C)C1(C(C)(C)C)C(=O)Nc2ncncc21. The lowest BCUT2D eigenvalue weighted by molar-refractivity contribution is -0.126. The number of hydrogen-bond donors (Lipinski definition) is 1. The number of nitrogens with zero attached hydrogens (tertiary/aromatic N) is 2. The van der Waals surface area contributed by atoms with Crippen LogP contribution in [-0.2, 0) is 10.2 Å². The van der Waals surface area contributed by atoms with E-state index in [-0.39, 0.29) is 17.2 Å². The van der Waals surface area contributed by atoms with Crippen LogP contribution in [0.15, 0.2) is 12.5 Å². The van der Waals surface area contributed by atoms with Crippen molar-refractivity contribution in [1.82, 2.24) is 9.97 Å². The quantitative estimate of drug-likeness (QED) is 0.810. The Balaban J connectivity index is 2.74. The molecule has 4 nitrogen and oxygen atoms in total. The molecule has 2 rings (SSSR count). The first-order chi connectivity index (χ1) is 7.81. The van der Waals surface area contributed by atoms with Crippen molar-refractivity contribution in [1.29, 1.82) is 0 Å². The summed E-state index contributed by atoms with van der Waals surface area (Å²) in [4.78, 5) is 20.7. The fourth-order valence-corrected chi connectivity index (χ4v) is 3.23. The highest BCUT2D eigenvalue weighted by molar-refractivity contribution is 6.06. The molecule has 0 aromatic carbocycles. The molecule has 1 unspecified atom stereocenters. The van der Waals surface area contributed by atoms with Crippen LogP contribution < -0.4 is 5.32 Å². The molecular weight excluding hydrogens is 214 g/mol. The third kappa shape index (κ3) is 1.39. The maximum Gasteiger partial charge on any atom is 0.237 e. The van der Waals surface area contributed by atoms with Gasteiger partial charge in [-0.25, -0.2) is 9.97 Å². The highest BCUT2D eigenvalue weighted by atomic mass is 16.2. The second-order valence-electron chi connectivity index (χ2n) is 5.95. The minimum atomic E-state index is -0.552. The van der Waals surface area contributed by atoms with Gasteiger partial charge in [-0.05, 0) is 11.3 Å². The molecule has 1 aliphatic rings. The minimum absolute atomic E-state index is 0.0375. The third-order valence-corrected chi connectivity index (χ3v) is 3.78.